The maximum absolute atomic E-state index is 12.6. The van der Waals surface area contributed by atoms with Crippen molar-refractivity contribution in [3.8, 4) is 0 Å². The van der Waals surface area contributed by atoms with E-state index in [1.54, 1.807) is 7.05 Å². The number of ether oxygens (including phenoxy) is 1. The van der Waals surface area contributed by atoms with E-state index in [-0.39, 0.29) is 10.6 Å². The minimum atomic E-state index is -3.51. The van der Waals surface area contributed by atoms with Crippen molar-refractivity contribution in [3.05, 3.63) is 30.1 Å². The zero-order valence-corrected chi connectivity index (χ0v) is 14.8. The van der Waals surface area contributed by atoms with Gasteiger partial charge in [0.05, 0.1) is 6.61 Å². The molecule has 1 atom stereocenters. The first kappa shape index (κ1) is 17.2. The topological polar surface area (TPSA) is 68.6 Å². The summed E-state index contributed by atoms with van der Waals surface area (Å²) >= 11 is 0. The van der Waals surface area contributed by atoms with Gasteiger partial charge < -0.3 is 9.30 Å². The van der Waals surface area contributed by atoms with Crippen molar-refractivity contribution in [2.45, 2.75) is 37.0 Å². The molecule has 1 saturated heterocycles. The van der Waals surface area contributed by atoms with E-state index < -0.39 is 16.0 Å². The highest BCUT2D eigenvalue weighted by molar-refractivity contribution is 7.89. The van der Waals surface area contributed by atoms with Gasteiger partial charge >= 0.3 is 5.97 Å². The summed E-state index contributed by atoms with van der Waals surface area (Å²) in [6, 6.07) is 1.43. The van der Waals surface area contributed by atoms with Gasteiger partial charge in [0.2, 0.25) is 10.0 Å². The van der Waals surface area contributed by atoms with Gasteiger partial charge in [0.15, 0.2) is 0 Å². The molecule has 132 valence electrons. The van der Waals surface area contributed by atoms with E-state index in [1.807, 2.05) is 0 Å². The van der Waals surface area contributed by atoms with E-state index in [4.69, 9.17) is 4.74 Å². The summed E-state index contributed by atoms with van der Waals surface area (Å²) in [5.74, 6) is -0.109. The molecular formula is C17H24N2O4S. The van der Waals surface area contributed by atoms with Crippen LogP contribution in [-0.4, -0.2) is 43.0 Å². The number of hydrogen-bond donors (Lipinski definition) is 0. The molecule has 2 heterocycles. The van der Waals surface area contributed by atoms with Gasteiger partial charge in [-0.3, -0.25) is 0 Å². The number of nitrogens with zero attached hydrogens (tertiary/aromatic N) is 2. The first-order valence-corrected chi connectivity index (χ1v) is 9.91. The molecule has 3 rings (SSSR count). The van der Waals surface area contributed by atoms with Gasteiger partial charge in [-0.05, 0) is 44.1 Å². The highest BCUT2D eigenvalue weighted by Gasteiger charge is 2.29. The van der Waals surface area contributed by atoms with Gasteiger partial charge in [0, 0.05) is 26.3 Å². The third kappa shape index (κ3) is 3.57. The second kappa shape index (κ2) is 7.11. The second-order valence-corrected chi connectivity index (χ2v) is 8.47. The number of aryl methyl sites for hydroxylation is 1. The maximum atomic E-state index is 12.6. The highest BCUT2D eigenvalue weighted by Crippen LogP contribution is 2.23. The van der Waals surface area contributed by atoms with Crippen molar-refractivity contribution in [1.29, 1.82) is 0 Å². The Hall–Kier alpha value is -1.60. The average molecular weight is 352 g/mol. The first-order valence-electron chi connectivity index (χ1n) is 8.47. The van der Waals surface area contributed by atoms with Crippen LogP contribution in [0.3, 0.4) is 0 Å². The van der Waals surface area contributed by atoms with E-state index in [2.05, 4.69) is 12.2 Å². The van der Waals surface area contributed by atoms with Gasteiger partial charge in [0.25, 0.3) is 0 Å². The molecule has 0 aromatic carbocycles. The van der Waals surface area contributed by atoms with Crippen LogP contribution < -0.4 is 0 Å². The van der Waals surface area contributed by atoms with E-state index in [9.17, 15) is 13.2 Å². The summed E-state index contributed by atoms with van der Waals surface area (Å²) < 4.78 is 33.6. The molecule has 2 aliphatic rings. The largest absolute Gasteiger partial charge is 0.461 e. The number of carbonyl (C=O) groups excluding carboxylic acids is 1. The fourth-order valence-corrected chi connectivity index (χ4v) is 4.82. The third-order valence-corrected chi connectivity index (χ3v) is 6.58. The monoisotopic (exact) mass is 352 g/mol. The quantitative estimate of drug-likeness (QED) is 0.602. The zero-order valence-electron chi connectivity index (χ0n) is 14.0. The number of esters is 1. The molecule has 0 N–H and O–H groups in total. The van der Waals surface area contributed by atoms with Crippen molar-refractivity contribution in [2.24, 2.45) is 13.0 Å². The van der Waals surface area contributed by atoms with Crippen LogP contribution in [0.25, 0.3) is 0 Å². The van der Waals surface area contributed by atoms with Crippen LogP contribution in [0.1, 0.15) is 42.6 Å². The standard InChI is InChI=1S/C17H24N2O4S/c1-18-12-15(24(21,22)19-9-5-6-10-19)11-16(18)17(20)23-13-14-7-3-2-4-8-14/h2-3,11-12,14H,4-10,13H2,1H3. The molecule has 0 amide bonds. The minimum Gasteiger partial charge on any atom is -0.461 e. The Bertz CT molecular complexity index is 730. The summed E-state index contributed by atoms with van der Waals surface area (Å²) in [7, 11) is -1.84. The molecule has 1 aromatic heterocycles. The van der Waals surface area contributed by atoms with Crippen LogP contribution >= 0.6 is 0 Å². The first-order chi connectivity index (χ1) is 11.5. The van der Waals surface area contributed by atoms with Crippen molar-refractivity contribution in [3.63, 3.8) is 0 Å². The Labute approximate surface area is 143 Å². The molecule has 0 spiro atoms. The number of allylic oxidation sites excluding steroid dienone is 2. The molecule has 24 heavy (non-hydrogen) atoms. The number of carbonyl (C=O) groups is 1. The fourth-order valence-electron chi connectivity index (χ4n) is 3.23. The van der Waals surface area contributed by atoms with Gasteiger partial charge in [-0.2, -0.15) is 4.31 Å². The van der Waals surface area contributed by atoms with Gasteiger partial charge in [-0.1, -0.05) is 12.2 Å². The second-order valence-electron chi connectivity index (χ2n) is 6.53. The predicted molar refractivity (Wildman–Crippen MR) is 90.2 cm³/mol. The molecule has 1 fully saturated rings. The van der Waals surface area contributed by atoms with Gasteiger partial charge in [-0.15, -0.1) is 0 Å². The maximum Gasteiger partial charge on any atom is 0.354 e. The molecule has 0 saturated carbocycles. The lowest BCUT2D eigenvalue weighted by Gasteiger charge is -2.17. The van der Waals surface area contributed by atoms with Crippen LogP contribution in [-0.2, 0) is 21.8 Å². The molecule has 0 bridgehead atoms. The van der Waals surface area contributed by atoms with E-state index in [0.717, 1.165) is 32.1 Å². The van der Waals surface area contributed by atoms with Crippen molar-refractivity contribution >= 4 is 16.0 Å². The summed E-state index contributed by atoms with van der Waals surface area (Å²) in [5, 5.41) is 0. The van der Waals surface area contributed by atoms with Gasteiger partial charge in [0.1, 0.15) is 10.6 Å². The fraction of sp³-hybridized carbons (Fsp3) is 0.588. The van der Waals surface area contributed by atoms with Crippen molar-refractivity contribution in [1.82, 2.24) is 8.87 Å². The predicted octanol–water partition coefficient (Wildman–Crippen LogP) is 2.32. The lowest BCUT2D eigenvalue weighted by molar-refractivity contribution is 0.0421. The summed E-state index contributed by atoms with van der Waals surface area (Å²) in [6.45, 7) is 1.47. The smallest absolute Gasteiger partial charge is 0.354 e. The Balaban J connectivity index is 1.69. The lowest BCUT2D eigenvalue weighted by atomic mass is 9.95. The van der Waals surface area contributed by atoms with Crippen molar-refractivity contribution < 1.29 is 17.9 Å². The number of sulfonamides is 1. The SMILES string of the molecule is Cn1cc(S(=O)(=O)N2CCCC2)cc1C(=O)OCC1CC=CCC1. The van der Waals surface area contributed by atoms with Gasteiger partial charge in [-0.25, -0.2) is 13.2 Å². The van der Waals surface area contributed by atoms with Crippen LogP contribution in [0, 0.1) is 5.92 Å². The molecule has 1 aliphatic carbocycles. The van der Waals surface area contributed by atoms with Crippen LogP contribution in [0.5, 0.6) is 0 Å². The number of rotatable bonds is 5. The molecular weight excluding hydrogens is 328 g/mol. The van der Waals surface area contributed by atoms with Crippen LogP contribution in [0.4, 0.5) is 0 Å². The number of hydrogen-bond acceptors (Lipinski definition) is 4. The Morgan fingerprint density at radius 1 is 1.29 bits per heavy atom. The molecule has 0 radical (unpaired) electrons. The molecule has 1 unspecified atom stereocenters. The average Bonchev–Trinajstić information content (AvgIpc) is 3.24. The van der Waals surface area contributed by atoms with E-state index >= 15 is 0 Å². The molecule has 6 nitrogen and oxygen atoms in total. The van der Waals surface area contributed by atoms with Crippen LogP contribution in [0.15, 0.2) is 29.3 Å². The Kier molecular flexibility index (Phi) is 5.10. The Morgan fingerprint density at radius 3 is 2.71 bits per heavy atom. The summed E-state index contributed by atoms with van der Waals surface area (Å²) in [5.41, 5.74) is 0.277. The van der Waals surface area contributed by atoms with E-state index in [0.29, 0.717) is 25.6 Å². The zero-order chi connectivity index (χ0) is 17.2. The normalized spacial score (nSPS) is 22.0. The summed E-state index contributed by atoms with van der Waals surface area (Å²) in [6.07, 6.45) is 10.5. The van der Waals surface area contributed by atoms with Crippen molar-refractivity contribution in [2.75, 3.05) is 19.7 Å². The highest BCUT2D eigenvalue weighted by atomic mass is 32.2. The Morgan fingerprint density at radius 2 is 2.04 bits per heavy atom. The molecule has 7 heteroatoms. The minimum absolute atomic E-state index is 0.166. The van der Waals surface area contributed by atoms with Crippen LogP contribution in [0.2, 0.25) is 0 Å². The number of aromatic nitrogens is 1. The lowest BCUT2D eigenvalue weighted by Crippen LogP contribution is -2.27. The van der Waals surface area contributed by atoms with E-state index in [1.165, 1.54) is 21.1 Å². The third-order valence-electron chi connectivity index (χ3n) is 4.72. The molecule has 1 aromatic rings. The molecule has 1 aliphatic heterocycles. The summed E-state index contributed by atoms with van der Waals surface area (Å²) in [4.78, 5) is 12.5.